The molecule has 12 aliphatic rings. The van der Waals surface area contributed by atoms with E-state index in [1.54, 1.807) is 14.0 Å². The second-order valence-electron chi connectivity index (χ2n) is 26.3. The van der Waals surface area contributed by atoms with Crippen LogP contribution in [-0.4, -0.2) is 114 Å². The summed E-state index contributed by atoms with van der Waals surface area (Å²) in [6.45, 7) is 16.6. The number of allylic oxidation sites excluding steroid dienone is 1. The van der Waals surface area contributed by atoms with Gasteiger partial charge in [0.15, 0.2) is 5.79 Å². The van der Waals surface area contributed by atoms with Crippen molar-refractivity contribution in [2.45, 2.75) is 191 Å². The molecule has 0 bridgehead atoms. The molecule has 0 aromatic carbocycles. The topological polar surface area (TPSA) is 190 Å². The van der Waals surface area contributed by atoms with Crippen molar-refractivity contribution in [1.29, 1.82) is 0 Å². The first-order chi connectivity index (χ1) is 32.0. The Morgan fingerprint density at radius 2 is 1.50 bits per heavy atom. The molecular formula is C55H76N2O11. The summed E-state index contributed by atoms with van der Waals surface area (Å²) in [6, 6.07) is 0. The number of hydrogen-bond donors (Lipinski definition) is 5. The van der Waals surface area contributed by atoms with Crippen LogP contribution in [0.15, 0.2) is 23.3 Å². The minimum atomic E-state index is -1.54. The van der Waals surface area contributed by atoms with Crippen molar-refractivity contribution in [3.63, 3.8) is 0 Å². The molecule has 8 aliphatic carbocycles. The maximum Gasteiger partial charge on any atom is 0.201 e. The predicted octanol–water partition coefficient (Wildman–Crippen LogP) is 5.65. The predicted molar refractivity (Wildman–Crippen MR) is 246 cm³/mol. The van der Waals surface area contributed by atoms with E-state index in [1.807, 2.05) is 27.7 Å². The lowest BCUT2D eigenvalue weighted by molar-refractivity contribution is -0.336. The van der Waals surface area contributed by atoms with Crippen molar-refractivity contribution < 1.29 is 54.0 Å². The average Bonchev–Trinajstić information content (AvgIpc) is 4.01. The number of carbonyl (C=O) groups is 1. The molecule has 5 heterocycles. The first-order valence-corrected chi connectivity index (χ1v) is 26.5. The van der Waals surface area contributed by atoms with Gasteiger partial charge in [0.1, 0.15) is 35.8 Å². The summed E-state index contributed by atoms with van der Waals surface area (Å²) >= 11 is 0. The molecule has 4 saturated heterocycles. The van der Waals surface area contributed by atoms with Gasteiger partial charge in [0, 0.05) is 49.0 Å². The van der Waals surface area contributed by atoms with Crippen LogP contribution in [-0.2, 0) is 47.7 Å². The van der Waals surface area contributed by atoms with Crippen LogP contribution in [0.5, 0.6) is 0 Å². The number of fused-ring (bicyclic) bond motifs is 13. The summed E-state index contributed by atoms with van der Waals surface area (Å²) in [5.41, 5.74) is 1.23. The van der Waals surface area contributed by atoms with Crippen LogP contribution in [0.4, 0.5) is 0 Å². The Morgan fingerprint density at radius 3 is 2.19 bits per heavy atom. The second kappa shape index (κ2) is 13.9. The fourth-order valence-corrected chi connectivity index (χ4v) is 19.7. The SMILES string of the molecule is CO[C@H]1c2nc3c(nc2C[C@@H]2CC[C@H]4C5=C[C@@H]6O[C@]7(O[C@](C)(CO)C[C@H]7O)[C@@H](C)[C@]6(O)[C@@]5(C)[C@H](O)C[C@@H]4[C@]21C)C[C@@]1(C)[C@@H](CC[C@H]2C4=CC[C@@H]5[C@H](C)[C@@]6(OCC45C(=O)C[C@@H]21)OC(C)(C)C[C@H]6O)C3. The highest BCUT2D eigenvalue weighted by molar-refractivity contribution is 5.91. The van der Waals surface area contributed by atoms with Gasteiger partial charge in [0.05, 0.1) is 58.7 Å². The van der Waals surface area contributed by atoms with Crippen LogP contribution in [0.3, 0.4) is 0 Å². The summed E-state index contributed by atoms with van der Waals surface area (Å²) in [5, 5.41) is 58.6. The van der Waals surface area contributed by atoms with Crippen molar-refractivity contribution in [3.05, 3.63) is 46.1 Å². The normalized spacial score (nSPS) is 56.6. The molecule has 4 saturated carbocycles. The molecule has 1 unspecified atom stereocenters. The smallest absolute Gasteiger partial charge is 0.201 e. The molecule has 0 radical (unpaired) electrons. The van der Waals surface area contributed by atoms with E-state index in [2.05, 4.69) is 32.9 Å². The van der Waals surface area contributed by atoms with E-state index in [9.17, 15) is 30.3 Å². The van der Waals surface area contributed by atoms with Gasteiger partial charge in [-0.05, 0) is 125 Å². The van der Waals surface area contributed by atoms with E-state index in [4.69, 9.17) is 33.7 Å². The van der Waals surface area contributed by atoms with Gasteiger partial charge in [-0.3, -0.25) is 14.8 Å². The Kier molecular flexibility index (Phi) is 9.34. The van der Waals surface area contributed by atoms with Crippen molar-refractivity contribution >= 4 is 5.78 Å². The summed E-state index contributed by atoms with van der Waals surface area (Å²) in [5.74, 6) is -1.79. The molecule has 1 aromatic heterocycles. The van der Waals surface area contributed by atoms with Crippen LogP contribution in [0.25, 0.3) is 0 Å². The maximum atomic E-state index is 15.0. The first-order valence-electron chi connectivity index (χ1n) is 26.5. The van der Waals surface area contributed by atoms with Crippen molar-refractivity contribution in [3.8, 4) is 0 Å². The molecular weight excluding hydrogens is 865 g/mol. The number of carbonyl (C=O) groups excluding carboxylic acids is 1. The van der Waals surface area contributed by atoms with Crippen LogP contribution in [0.2, 0.25) is 0 Å². The van der Waals surface area contributed by atoms with Gasteiger partial charge in [-0.1, -0.05) is 57.9 Å². The number of methoxy groups -OCH3 is 1. The molecule has 4 aliphatic heterocycles. The minimum Gasteiger partial charge on any atom is -0.393 e. The van der Waals surface area contributed by atoms with Gasteiger partial charge < -0.3 is 49.2 Å². The number of hydrogen-bond acceptors (Lipinski definition) is 13. The number of rotatable bonds is 2. The quantitative estimate of drug-likeness (QED) is 0.229. The Balaban J connectivity index is 0.784. The second-order valence-corrected chi connectivity index (χ2v) is 26.3. The van der Waals surface area contributed by atoms with E-state index in [0.717, 1.165) is 79.7 Å². The van der Waals surface area contributed by atoms with Gasteiger partial charge in [0.2, 0.25) is 5.79 Å². The van der Waals surface area contributed by atoms with Crippen molar-refractivity contribution in [2.24, 2.45) is 74.9 Å². The van der Waals surface area contributed by atoms with E-state index < -0.39 is 69.5 Å². The lowest BCUT2D eigenvalue weighted by Crippen LogP contribution is -2.65. The van der Waals surface area contributed by atoms with Gasteiger partial charge in [-0.2, -0.15) is 0 Å². The molecule has 372 valence electrons. The number of Topliss-reactive ketones (excluding diaryl/α,β-unsaturated/α-hetero) is 1. The number of aromatic nitrogens is 2. The van der Waals surface area contributed by atoms with E-state index in [1.165, 1.54) is 5.57 Å². The fraction of sp³-hybridized carbons (Fsp3) is 0.836. The van der Waals surface area contributed by atoms with Crippen molar-refractivity contribution in [2.75, 3.05) is 20.3 Å². The van der Waals surface area contributed by atoms with Crippen LogP contribution in [0, 0.1) is 74.9 Å². The van der Waals surface area contributed by atoms with Crippen LogP contribution in [0.1, 0.15) is 142 Å². The lowest BCUT2D eigenvalue weighted by Gasteiger charge is -2.63. The fourth-order valence-electron chi connectivity index (χ4n) is 19.7. The number of ketones is 1. The molecule has 3 spiro atoms. The third-order valence-electron chi connectivity index (χ3n) is 23.2. The number of nitrogens with zero attached hydrogens (tertiary/aromatic N) is 2. The molecule has 68 heavy (non-hydrogen) atoms. The minimum absolute atomic E-state index is 0.0464. The molecule has 1 aromatic rings. The molecule has 13 rings (SSSR count). The largest absolute Gasteiger partial charge is 0.393 e. The summed E-state index contributed by atoms with van der Waals surface area (Å²) < 4.78 is 33.0. The van der Waals surface area contributed by atoms with Gasteiger partial charge >= 0.3 is 0 Å². The van der Waals surface area contributed by atoms with Crippen LogP contribution >= 0.6 is 0 Å². The maximum absolute atomic E-state index is 15.0. The highest BCUT2D eigenvalue weighted by Gasteiger charge is 2.79. The molecule has 13 heteroatoms. The third-order valence-corrected chi connectivity index (χ3v) is 23.2. The first kappa shape index (κ1) is 45.7. The number of ether oxygens (including phenoxy) is 5. The van der Waals surface area contributed by atoms with Gasteiger partial charge in [0.25, 0.3) is 0 Å². The lowest BCUT2D eigenvalue weighted by atomic mass is 9.43. The average molecular weight is 941 g/mol. The molecule has 13 nitrogen and oxygen atoms in total. The van der Waals surface area contributed by atoms with Crippen molar-refractivity contribution in [1.82, 2.24) is 9.97 Å². The summed E-state index contributed by atoms with van der Waals surface area (Å²) in [7, 11) is 1.80. The molecule has 8 fully saturated rings. The Labute approximate surface area is 401 Å². The zero-order valence-corrected chi connectivity index (χ0v) is 41.7. The molecule has 5 N–H and O–H groups in total. The molecule has 22 atom stereocenters. The number of aliphatic hydroxyl groups is 5. The monoisotopic (exact) mass is 941 g/mol. The zero-order valence-electron chi connectivity index (χ0n) is 41.7. The Morgan fingerprint density at radius 1 is 0.794 bits per heavy atom. The van der Waals surface area contributed by atoms with E-state index >= 15 is 0 Å². The third kappa shape index (κ3) is 5.12. The zero-order chi connectivity index (χ0) is 47.9. The van der Waals surface area contributed by atoms with Crippen LogP contribution < -0.4 is 0 Å². The standard InChI is InChI=1S/C55H76N2O11/c1-26-32-14-15-33-30-12-10-28-16-37-39(21-49(28,6)34(30)18-41(60)52(32,33)25-65-54(26)42(61)22-47(3,4)67-54)56-38-17-29-11-13-31-35(50(29,7)46(64-9)45(38)57-37)19-40(59)51(8)36(31)20-44-53(51,63)27(2)55(66-44)43(62)23-48(5,24-58)68-55/h15,20,26-32,34-35,40,42-44,46,58-59,61-63H,10-14,16-19,21-25H2,1-9H3/t26-,27-,28-,29-,30-,31+,32+,34-,35-,40+,42+,43+,44-,46-,48-,49-,50-,51+,52?,53+,54+,55-/m0/s1. The number of aliphatic hydroxyl groups excluding tert-OH is 4. The van der Waals surface area contributed by atoms with Gasteiger partial charge in [-0.15, -0.1) is 0 Å². The Hall–Kier alpha value is -2.17. The highest BCUT2D eigenvalue weighted by atomic mass is 16.7. The van der Waals surface area contributed by atoms with E-state index in [-0.39, 0.29) is 72.1 Å². The molecule has 0 amide bonds. The summed E-state index contributed by atoms with van der Waals surface area (Å²) in [4.78, 5) is 26.2. The van der Waals surface area contributed by atoms with Gasteiger partial charge in [-0.25, -0.2) is 0 Å². The van der Waals surface area contributed by atoms with E-state index in [0.29, 0.717) is 36.9 Å². The highest BCUT2D eigenvalue weighted by Crippen LogP contribution is 2.73. The summed E-state index contributed by atoms with van der Waals surface area (Å²) in [6.07, 6.45) is 9.53. The Bertz CT molecular complexity index is 2440.